The molecule has 2 fully saturated rings. The number of likely N-dealkylation sites (N-methyl/N-ethyl adjacent to an activating group) is 1. The number of piperazine rings is 1. The number of rotatable bonds is 2. The van der Waals surface area contributed by atoms with Crippen molar-refractivity contribution in [1.82, 2.24) is 14.9 Å². The van der Waals surface area contributed by atoms with Gasteiger partial charge in [0.15, 0.2) is 0 Å². The molecule has 1 saturated carbocycles. The second-order valence-corrected chi connectivity index (χ2v) is 5.37. The molecule has 1 saturated heterocycles. The Morgan fingerprint density at radius 2 is 1.88 bits per heavy atom. The van der Waals surface area contributed by atoms with Crippen LogP contribution in [0.5, 0.6) is 0 Å². The molecule has 2 heterocycles. The van der Waals surface area contributed by atoms with Crippen LogP contribution >= 0.6 is 11.6 Å². The Morgan fingerprint density at radius 3 is 2.53 bits per heavy atom. The van der Waals surface area contributed by atoms with Crippen molar-refractivity contribution < 1.29 is 0 Å². The van der Waals surface area contributed by atoms with E-state index >= 15 is 0 Å². The van der Waals surface area contributed by atoms with Crippen molar-refractivity contribution in [2.24, 2.45) is 0 Å². The van der Waals surface area contributed by atoms with Crippen molar-refractivity contribution in [3.8, 4) is 0 Å². The van der Waals surface area contributed by atoms with Gasteiger partial charge in [-0.15, -0.1) is 0 Å². The lowest BCUT2D eigenvalue weighted by atomic mass is 10.3. The second-order valence-electron chi connectivity index (χ2n) is 4.98. The van der Waals surface area contributed by atoms with Gasteiger partial charge in [-0.3, -0.25) is 0 Å². The van der Waals surface area contributed by atoms with E-state index in [2.05, 4.69) is 26.8 Å². The van der Waals surface area contributed by atoms with E-state index in [9.17, 15) is 0 Å². The summed E-state index contributed by atoms with van der Waals surface area (Å²) in [5, 5.41) is 0.579. The number of aromatic nitrogens is 2. The Bertz CT molecular complexity index is 411. The fourth-order valence-corrected chi connectivity index (χ4v) is 2.35. The average molecular weight is 253 g/mol. The first-order chi connectivity index (χ1) is 8.22. The fraction of sp³-hybridized carbons (Fsp3) is 0.667. The van der Waals surface area contributed by atoms with Crippen LogP contribution in [-0.4, -0.2) is 48.1 Å². The minimum Gasteiger partial charge on any atom is -0.338 e. The molecule has 1 aromatic heterocycles. The summed E-state index contributed by atoms with van der Waals surface area (Å²) in [5.41, 5.74) is 1.12. The molecule has 92 valence electrons. The van der Waals surface area contributed by atoms with Crippen molar-refractivity contribution in [1.29, 1.82) is 0 Å². The molecule has 5 heteroatoms. The molecule has 0 atom stereocenters. The molecule has 0 amide bonds. The van der Waals surface area contributed by atoms with Gasteiger partial charge in [0.2, 0.25) is 5.95 Å². The van der Waals surface area contributed by atoms with Gasteiger partial charge in [-0.25, -0.2) is 9.97 Å². The van der Waals surface area contributed by atoms with Crippen LogP contribution in [0, 0.1) is 0 Å². The molecule has 0 radical (unpaired) electrons. The van der Waals surface area contributed by atoms with Crippen LogP contribution in [0.1, 0.15) is 24.5 Å². The van der Waals surface area contributed by atoms with Crippen LogP contribution in [0.3, 0.4) is 0 Å². The minimum absolute atomic E-state index is 0.579. The van der Waals surface area contributed by atoms with E-state index in [1.54, 1.807) is 0 Å². The zero-order valence-corrected chi connectivity index (χ0v) is 10.8. The SMILES string of the molecule is CN1CCN(c2nc(Cl)cc(C3CC3)n2)CC1. The highest BCUT2D eigenvalue weighted by molar-refractivity contribution is 6.29. The molecule has 3 rings (SSSR count). The van der Waals surface area contributed by atoms with Crippen LogP contribution < -0.4 is 4.90 Å². The topological polar surface area (TPSA) is 32.3 Å². The molecule has 0 spiro atoms. The molecule has 2 aliphatic rings. The predicted octanol–water partition coefficient (Wildman–Crippen LogP) is 1.76. The number of hydrogen-bond acceptors (Lipinski definition) is 4. The summed E-state index contributed by atoms with van der Waals surface area (Å²) in [6.45, 7) is 4.10. The van der Waals surface area contributed by atoms with E-state index in [1.807, 2.05) is 6.07 Å². The van der Waals surface area contributed by atoms with E-state index in [-0.39, 0.29) is 0 Å². The van der Waals surface area contributed by atoms with Gasteiger partial charge in [-0.05, 0) is 26.0 Å². The Kier molecular flexibility index (Phi) is 2.92. The molecule has 0 unspecified atom stereocenters. The molecule has 0 bridgehead atoms. The summed E-state index contributed by atoms with van der Waals surface area (Å²) in [6.07, 6.45) is 2.49. The number of halogens is 1. The molecule has 1 aliphatic heterocycles. The highest BCUT2D eigenvalue weighted by Crippen LogP contribution is 2.40. The third-order valence-corrected chi connectivity index (χ3v) is 3.68. The Balaban J connectivity index is 1.81. The highest BCUT2D eigenvalue weighted by atomic mass is 35.5. The Labute approximate surface area is 107 Å². The summed E-state index contributed by atoms with van der Waals surface area (Å²) in [4.78, 5) is 13.6. The third-order valence-electron chi connectivity index (χ3n) is 3.48. The molecule has 0 N–H and O–H groups in total. The van der Waals surface area contributed by atoms with E-state index in [0.717, 1.165) is 37.8 Å². The van der Waals surface area contributed by atoms with Crippen LogP contribution in [0.2, 0.25) is 5.15 Å². The third kappa shape index (κ3) is 2.53. The largest absolute Gasteiger partial charge is 0.338 e. The summed E-state index contributed by atoms with van der Waals surface area (Å²) < 4.78 is 0. The van der Waals surface area contributed by atoms with Gasteiger partial charge in [0.05, 0.1) is 5.69 Å². The van der Waals surface area contributed by atoms with Gasteiger partial charge in [-0.1, -0.05) is 11.6 Å². The second kappa shape index (κ2) is 4.42. The minimum atomic E-state index is 0.579. The smallest absolute Gasteiger partial charge is 0.227 e. The number of anilines is 1. The van der Waals surface area contributed by atoms with E-state index < -0.39 is 0 Å². The number of nitrogens with zero attached hydrogens (tertiary/aromatic N) is 4. The van der Waals surface area contributed by atoms with Crippen molar-refractivity contribution in [3.63, 3.8) is 0 Å². The summed E-state index contributed by atoms with van der Waals surface area (Å²) in [7, 11) is 2.14. The summed E-state index contributed by atoms with van der Waals surface area (Å²) in [6, 6.07) is 1.92. The fourth-order valence-electron chi connectivity index (χ4n) is 2.16. The maximum atomic E-state index is 6.08. The van der Waals surface area contributed by atoms with Gasteiger partial charge in [-0.2, -0.15) is 0 Å². The van der Waals surface area contributed by atoms with Gasteiger partial charge in [0.1, 0.15) is 5.15 Å². The van der Waals surface area contributed by atoms with Crippen LogP contribution in [-0.2, 0) is 0 Å². The van der Waals surface area contributed by atoms with Gasteiger partial charge >= 0.3 is 0 Å². The summed E-state index contributed by atoms with van der Waals surface area (Å²) >= 11 is 6.08. The zero-order valence-electron chi connectivity index (χ0n) is 10.1. The first-order valence-corrected chi connectivity index (χ1v) is 6.58. The lowest BCUT2D eigenvalue weighted by Gasteiger charge is -2.32. The monoisotopic (exact) mass is 252 g/mol. The molecular weight excluding hydrogens is 236 g/mol. The van der Waals surface area contributed by atoms with E-state index in [0.29, 0.717) is 11.1 Å². The van der Waals surface area contributed by atoms with Crippen molar-refractivity contribution in [2.75, 3.05) is 38.1 Å². The molecule has 1 aliphatic carbocycles. The van der Waals surface area contributed by atoms with E-state index in [4.69, 9.17) is 11.6 Å². The number of hydrogen-bond donors (Lipinski definition) is 0. The summed E-state index contributed by atoms with van der Waals surface area (Å²) in [5.74, 6) is 1.44. The van der Waals surface area contributed by atoms with E-state index in [1.165, 1.54) is 12.8 Å². The quantitative estimate of drug-likeness (QED) is 0.751. The lowest BCUT2D eigenvalue weighted by Crippen LogP contribution is -2.45. The van der Waals surface area contributed by atoms with Crippen LogP contribution in [0.4, 0.5) is 5.95 Å². The Hall–Kier alpha value is -0.870. The van der Waals surface area contributed by atoms with Crippen LogP contribution in [0.25, 0.3) is 0 Å². The average Bonchev–Trinajstić information content (AvgIpc) is 3.13. The maximum Gasteiger partial charge on any atom is 0.227 e. The first kappa shape index (κ1) is 11.2. The van der Waals surface area contributed by atoms with Crippen LogP contribution in [0.15, 0.2) is 6.07 Å². The standard InChI is InChI=1S/C12H17ClN4/c1-16-4-6-17(7-5-16)12-14-10(9-2-3-9)8-11(13)15-12/h8-9H,2-7H2,1H3. The highest BCUT2D eigenvalue weighted by Gasteiger charge is 2.27. The van der Waals surface area contributed by atoms with Gasteiger partial charge in [0.25, 0.3) is 0 Å². The molecule has 17 heavy (non-hydrogen) atoms. The van der Waals surface area contributed by atoms with Gasteiger partial charge < -0.3 is 9.80 Å². The van der Waals surface area contributed by atoms with Gasteiger partial charge in [0, 0.05) is 32.1 Å². The Morgan fingerprint density at radius 1 is 1.18 bits per heavy atom. The molecule has 1 aromatic rings. The van der Waals surface area contributed by atoms with Crippen molar-refractivity contribution in [2.45, 2.75) is 18.8 Å². The molecule has 4 nitrogen and oxygen atoms in total. The molecule has 0 aromatic carbocycles. The lowest BCUT2D eigenvalue weighted by molar-refractivity contribution is 0.311. The van der Waals surface area contributed by atoms with Crippen molar-refractivity contribution in [3.05, 3.63) is 16.9 Å². The molecular formula is C12H17ClN4. The predicted molar refractivity (Wildman–Crippen MR) is 68.7 cm³/mol. The maximum absolute atomic E-state index is 6.08. The zero-order chi connectivity index (χ0) is 11.8. The first-order valence-electron chi connectivity index (χ1n) is 6.20. The normalized spacial score (nSPS) is 21.9. The van der Waals surface area contributed by atoms with Crippen molar-refractivity contribution >= 4 is 17.5 Å².